The lowest BCUT2D eigenvalue weighted by molar-refractivity contribution is 0.259. The first-order valence-electron chi connectivity index (χ1n) is 7.46. The minimum Gasteiger partial charge on any atom is -0.313 e. The van der Waals surface area contributed by atoms with E-state index in [2.05, 4.69) is 52.1 Å². The Hall–Kier alpha value is -0.0900. The molecule has 0 saturated heterocycles. The number of rotatable bonds is 9. The van der Waals surface area contributed by atoms with E-state index >= 15 is 0 Å². The zero-order valence-electron chi connectivity index (χ0n) is 12.8. The highest BCUT2D eigenvalue weighted by molar-refractivity contribution is 9.10. The van der Waals surface area contributed by atoms with Crippen LogP contribution in [-0.4, -0.2) is 31.6 Å². The first kappa shape index (κ1) is 18.0. The Kier molecular flexibility index (Phi) is 8.78. The standard InChI is InChI=1S/C16H26BrClN2/c1-4-9-20(10-5-2)11-8-16(19-3)14-7-6-13(17)12-15(14)18/h6-7,12,16,19H,4-5,8-11H2,1-3H3. The molecule has 0 fully saturated rings. The van der Waals surface area contributed by atoms with Crippen molar-refractivity contribution in [2.45, 2.75) is 39.2 Å². The summed E-state index contributed by atoms with van der Waals surface area (Å²) in [7, 11) is 2.01. The minimum absolute atomic E-state index is 0.312. The molecule has 0 radical (unpaired) electrons. The zero-order chi connectivity index (χ0) is 15.0. The predicted molar refractivity (Wildman–Crippen MR) is 92.6 cm³/mol. The van der Waals surface area contributed by atoms with Crippen LogP contribution in [0.3, 0.4) is 0 Å². The van der Waals surface area contributed by atoms with Crippen LogP contribution in [0.4, 0.5) is 0 Å². The average Bonchev–Trinajstić information content (AvgIpc) is 2.41. The van der Waals surface area contributed by atoms with Crippen LogP contribution in [0.1, 0.15) is 44.7 Å². The van der Waals surface area contributed by atoms with Gasteiger partial charge < -0.3 is 10.2 Å². The van der Waals surface area contributed by atoms with E-state index in [4.69, 9.17) is 11.6 Å². The quantitative estimate of drug-likeness (QED) is 0.674. The van der Waals surface area contributed by atoms with E-state index in [1.807, 2.05) is 13.1 Å². The molecule has 1 rings (SSSR count). The van der Waals surface area contributed by atoms with Crippen molar-refractivity contribution in [2.24, 2.45) is 0 Å². The minimum atomic E-state index is 0.312. The predicted octanol–water partition coefficient (Wildman–Crippen LogP) is 4.88. The van der Waals surface area contributed by atoms with Crippen LogP contribution in [0.2, 0.25) is 5.02 Å². The zero-order valence-corrected chi connectivity index (χ0v) is 15.1. The number of halogens is 2. The van der Waals surface area contributed by atoms with Crippen LogP contribution in [0, 0.1) is 0 Å². The molecule has 0 aliphatic heterocycles. The highest BCUT2D eigenvalue weighted by Gasteiger charge is 2.14. The number of hydrogen-bond donors (Lipinski definition) is 1. The number of benzene rings is 1. The SMILES string of the molecule is CCCN(CCC)CCC(NC)c1ccc(Br)cc1Cl. The highest BCUT2D eigenvalue weighted by Crippen LogP contribution is 2.28. The van der Waals surface area contributed by atoms with E-state index in [0.717, 1.165) is 22.5 Å². The van der Waals surface area contributed by atoms with Gasteiger partial charge in [-0.3, -0.25) is 0 Å². The van der Waals surface area contributed by atoms with Gasteiger partial charge in [-0.1, -0.05) is 47.4 Å². The summed E-state index contributed by atoms with van der Waals surface area (Å²) in [5.74, 6) is 0. The van der Waals surface area contributed by atoms with Crippen molar-refractivity contribution in [1.29, 1.82) is 0 Å². The summed E-state index contributed by atoms with van der Waals surface area (Å²) in [6.07, 6.45) is 3.50. The van der Waals surface area contributed by atoms with Crippen molar-refractivity contribution in [3.05, 3.63) is 33.3 Å². The molecule has 2 nitrogen and oxygen atoms in total. The summed E-state index contributed by atoms with van der Waals surface area (Å²) in [4.78, 5) is 2.54. The average molecular weight is 362 g/mol. The molecule has 0 heterocycles. The van der Waals surface area contributed by atoms with Gasteiger partial charge in [0.1, 0.15) is 0 Å². The molecule has 1 aromatic carbocycles. The molecule has 1 N–H and O–H groups in total. The Morgan fingerprint density at radius 1 is 1.20 bits per heavy atom. The molecule has 1 aromatic rings. The normalized spacial score (nSPS) is 12.9. The maximum Gasteiger partial charge on any atom is 0.0465 e. The molecule has 1 atom stereocenters. The maximum absolute atomic E-state index is 6.36. The summed E-state index contributed by atoms with van der Waals surface area (Å²) in [6.45, 7) is 7.95. The Bertz CT molecular complexity index is 392. The van der Waals surface area contributed by atoms with Gasteiger partial charge in [-0.25, -0.2) is 0 Å². The first-order chi connectivity index (χ1) is 9.62. The largest absolute Gasteiger partial charge is 0.313 e. The van der Waals surface area contributed by atoms with Crippen LogP contribution < -0.4 is 5.32 Å². The topological polar surface area (TPSA) is 15.3 Å². The molecule has 0 bridgehead atoms. The monoisotopic (exact) mass is 360 g/mol. The van der Waals surface area contributed by atoms with Crippen molar-refractivity contribution >= 4 is 27.5 Å². The van der Waals surface area contributed by atoms with E-state index in [0.29, 0.717) is 6.04 Å². The van der Waals surface area contributed by atoms with Crippen LogP contribution in [0.15, 0.2) is 22.7 Å². The fourth-order valence-electron chi connectivity index (χ4n) is 2.52. The molecule has 0 aromatic heterocycles. The Balaban J connectivity index is 2.66. The lowest BCUT2D eigenvalue weighted by atomic mass is 10.0. The summed E-state index contributed by atoms with van der Waals surface area (Å²) in [5.41, 5.74) is 1.19. The molecule has 0 aliphatic rings. The van der Waals surface area contributed by atoms with E-state index < -0.39 is 0 Å². The van der Waals surface area contributed by atoms with E-state index in [9.17, 15) is 0 Å². The van der Waals surface area contributed by atoms with Gasteiger partial charge in [0.05, 0.1) is 0 Å². The second-order valence-corrected chi connectivity index (χ2v) is 6.46. The van der Waals surface area contributed by atoms with Gasteiger partial charge in [0.15, 0.2) is 0 Å². The third-order valence-corrected chi connectivity index (χ3v) is 4.32. The third-order valence-electron chi connectivity index (χ3n) is 3.50. The van der Waals surface area contributed by atoms with Crippen LogP contribution in [0.25, 0.3) is 0 Å². The fraction of sp³-hybridized carbons (Fsp3) is 0.625. The molecule has 20 heavy (non-hydrogen) atoms. The molecular formula is C16H26BrClN2. The fourth-order valence-corrected chi connectivity index (χ4v) is 3.32. The van der Waals surface area contributed by atoms with Gasteiger partial charge in [0, 0.05) is 15.5 Å². The van der Waals surface area contributed by atoms with Crippen LogP contribution in [-0.2, 0) is 0 Å². The van der Waals surface area contributed by atoms with Gasteiger partial charge in [0.25, 0.3) is 0 Å². The summed E-state index contributed by atoms with van der Waals surface area (Å²) in [6, 6.07) is 6.45. The molecule has 4 heteroatoms. The smallest absolute Gasteiger partial charge is 0.0465 e. The number of nitrogens with one attached hydrogen (secondary N) is 1. The van der Waals surface area contributed by atoms with Crippen molar-refractivity contribution in [2.75, 3.05) is 26.7 Å². The maximum atomic E-state index is 6.36. The lowest BCUT2D eigenvalue weighted by Crippen LogP contribution is -2.30. The van der Waals surface area contributed by atoms with Crippen LogP contribution in [0.5, 0.6) is 0 Å². The van der Waals surface area contributed by atoms with E-state index in [1.165, 1.54) is 31.5 Å². The van der Waals surface area contributed by atoms with Crippen LogP contribution >= 0.6 is 27.5 Å². The molecular weight excluding hydrogens is 336 g/mol. The second kappa shape index (κ2) is 9.78. The summed E-state index contributed by atoms with van der Waals surface area (Å²) < 4.78 is 1.03. The van der Waals surface area contributed by atoms with Crippen molar-refractivity contribution in [1.82, 2.24) is 10.2 Å². The second-order valence-electron chi connectivity index (χ2n) is 5.14. The summed E-state index contributed by atoms with van der Waals surface area (Å²) in [5, 5.41) is 4.22. The van der Waals surface area contributed by atoms with Gasteiger partial charge in [-0.05, 0) is 63.6 Å². The van der Waals surface area contributed by atoms with Crippen molar-refractivity contribution < 1.29 is 0 Å². The molecule has 1 unspecified atom stereocenters. The van der Waals surface area contributed by atoms with Crippen molar-refractivity contribution in [3.8, 4) is 0 Å². The molecule has 0 amide bonds. The molecule has 0 spiro atoms. The molecule has 0 aliphatic carbocycles. The van der Waals surface area contributed by atoms with E-state index in [1.54, 1.807) is 0 Å². The van der Waals surface area contributed by atoms with Gasteiger partial charge in [0.2, 0.25) is 0 Å². The molecule has 0 saturated carbocycles. The lowest BCUT2D eigenvalue weighted by Gasteiger charge is -2.25. The number of hydrogen-bond acceptors (Lipinski definition) is 2. The first-order valence-corrected chi connectivity index (χ1v) is 8.64. The van der Waals surface area contributed by atoms with E-state index in [-0.39, 0.29) is 0 Å². The highest BCUT2D eigenvalue weighted by atomic mass is 79.9. The number of nitrogens with zero attached hydrogens (tertiary/aromatic N) is 1. The van der Waals surface area contributed by atoms with Gasteiger partial charge in [-0.15, -0.1) is 0 Å². The Morgan fingerprint density at radius 3 is 2.35 bits per heavy atom. The van der Waals surface area contributed by atoms with Gasteiger partial charge >= 0.3 is 0 Å². The molecule has 114 valence electrons. The summed E-state index contributed by atoms with van der Waals surface area (Å²) >= 11 is 9.81. The van der Waals surface area contributed by atoms with Gasteiger partial charge in [-0.2, -0.15) is 0 Å². The third kappa shape index (κ3) is 5.72. The Labute approximate surface area is 137 Å². The van der Waals surface area contributed by atoms with Crippen molar-refractivity contribution in [3.63, 3.8) is 0 Å². The Morgan fingerprint density at radius 2 is 1.85 bits per heavy atom.